The molecule has 2 rings (SSSR count). The van der Waals surface area contributed by atoms with Crippen LogP contribution >= 0.6 is 0 Å². The highest BCUT2D eigenvalue weighted by molar-refractivity contribution is 5.26. The fourth-order valence-electron chi connectivity index (χ4n) is 2.17. The van der Waals surface area contributed by atoms with Gasteiger partial charge in [0, 0.05) is 6.54 Å². The van der Waals surface area contributed by atoms with Gasteiger partial charge in [-0.2, -0.15) is 0 Å². The third-order valence-electron chi connectivity index (χ3n) is 3.36. The van der Waals surface area contributed by atoms with E-state index in [1.807, 2.05) is 12.1 Å². The Morgan fingerprint density at radius 2 is 1.84 bits per heavy atom. The first-order chi connectivity index (χ1) is 9.25. The summed E-state index contributed by atoms with van der Waals surface area (Å²) in [5.74, 6) is 0.898. The molecule has 2 heteroatoms. The number of benzene rings is 2. The molecule has 0 heterocycles. The van der Waals surface area contributed by atoms with E-state index in [9.17, 15) is 5.11 Å². The summed E-state index contributed by atoms with van der Waals surface area (Å²) in [5.41, 5.74) is 2.51. The zero-order valence-electron chi connectivity index (χ0n) is 11.3. The van der Waals surface area contributed by atoms with Crippen LogP contribution in [0.25, 0.3) is 0 Å². The average molecular weight is 255 g/mol. The summed E-state index contributed by atoms with van der Waals surface area (Å²) < 4.78 is 0. The second kappa shape index (κ2) is 6.95. The van der Waals surface area contributed by atoms with Gasteiger partial charge in [0.05, 0.1) is 0 Å². The lowest BCUT2D eigenvalue weighted by atomic mass is 9.98. The van der Waals surface area contributed by atoms with Crippen LogP contribution in [0.2, 0.25) is 0 Å². The molecule has 2 nitrogen and oxygen atoms in total. The number of phenols is 1. The number of hydrogen-bond donors (Lipinski definition) is 2. The Kier molecular flexibility index (Phi) is 4.99. The van der Waals surface area contributed by atoms with Gasteiger partial charge in [-0.25, -0.2) is 0 Å². The summed E-state index contributed by atoms with van der Waals surface area (Å²) in [4.78, 5) is 0. The highest BCUT2D eigenvalue weighted by Crippen LogP contribution is 2.17. The van der Waals surface area contributed by atoms with Crippen molar-refractivity contribution in [1.29, 1.82) is 0 Å². The molecule has 1 atom stereocenters. The second-order valence-electron chi connectivity index (χ2n) is 4.95. The van der Waals surface area contributed by atoms with Crippen LogP contribution in [0.3, 0.4) is 0 Å². The highest BCUT2D eigenvalue weighted by atomic mass is 16.3. The van der Waals surface area contributed by atoms with Crippen LogP contribution in [0, 0.1) is 0 Å². The van der Waals surface area contributed by atoms with Crippen molar-refractivity contribution in [2.75, 3.05) is 6.54 Å². The molecule has 1 unspecified atom stereocenters. The molecule has 100 valence electrons. The van der Waals surface area contributed by atoms with Crippen molar-refractivity contribution in [2.24, 2.45) is 0 Å². The molecular formula is C17H21NO. The summed E-state index contributed by atoms with van der Waals surface area (Å²) >= 11 is 0. The zero-order valence-corrected chi connectivity index (χ0v) is 11.3. The minimum Gasteiger partial charge on any atom is -0.508 e. The van der Waals surface area contributed by atoms with E-state index in [1.54, 1.807) is 12.1 Å². The van der Waals surface area contributed by atoms with Crippen LogP contribution in [-0.4, -0.2) is 11.7 Å². The summed E-state index contributed by atoms with van der Waals surface area (Å²) in [7, 11) is 0. The molecule has 0 bridgehead atoms. The van der Waals surface area contributed by atoms with Crippen molar-refractivity contribution in [3.05, 3.63) is 65.7 Å². The standard InChI is InChI=1S/C17H21NO/c1-14(16-7-3-2-4-8-16)10-11-18-13-15-6-5-9-17(19)12-15/h2-9,12,14,18-19H,10-11,13H2,1H3. The number of aromatic hydroxyl groups is 1. The van der Waals surface area contributed by atoms with E-state index in [1.165, 1.54) is 5.56 Å². The van der Waals surface area contributed by atoms with E-state index in [2.05, 4.69) is 42.6 Å². The Labute approximate surface area is 115 Å². The fraction of sp³-hybridized carbons (Fsp3) is 0.294. The van der Waals surface area contributed by atoms with Gasteiger partial charge in [-0.1, -0.05) is 49.4 Å². The number of hydrogen-bond acceptors (Lipinski definition) is 2. The molecular weight excluding hydrogens is 234 g/mol. The van der Waals surface area contributed by atoms with Crippen LogP contribution < -0.4 is 5.32 Å². The van der Waals surface area contributed by atoms with E-state index in [-0.39, 0.29) is 0 Å². The molecule has 0 aliphatic heterocycles. The summed E-state index contributed by atoms with van der Waals surface area (Å²) in [6, 6.07) is 18.0. The quantitative estimate of drug-likeness (QED) is 0.772. The molecule has 0 saturated heterocycles. The lowest BCUT2D eigenvalue weighted by Gasteiger charge is -2.12. The Morgan fingerprint density at radius 3 is 2.58 bits per heavy atom. The highest BCUT2D eigenvalue weighted by Gasteiger charge is 2.03. The molecule has 2 aromatic rings. The van der Waals surface area contributed by atoms with Gasteiger partial charge < -0.3 is 10.4 Å². The Balaban J connectivity index is 1.72. The maximum Gasteiger partial charge on any atom is 0.115 e. The Morgan fingerprint density at radius 1 is 1.05 bits per heavy atom. The van der Waals surface area contributed by atoms with Crippen LogP contribution in [0.4, 0.5) is 0 Å². The topological polar surface area (TPSA) is 32.3 Å². The van der Waals surface area contributed by atoms with Gasteiger partial charge in [-0.05, 0) is 42.1 Å². The number of rotatable bonds is 6. The molecule has 0 aromatic heterocycles. The third kappa shape index (κ3) is 4.42. The van der Waals surface area contributed by atoms with Crippen LogP contribution in [0.15, 0.2) is 54.6 Å². The van der Waals surface area contributed by atoms with Gasteiger partial charge >= 0.3 is 0 Å². The first-order valence-electron chi connectivity index (χ1n) is 6.79. The molecule has 0 aliphatic carbocycles. The van der Waals surface area contributed by atoms with Gasteiger partial charge in [0.25, 0.3) is 0 Å². The van der Waals surface area contributed by atoms with Crippen molar-refractivity contribution < 1.29 is 5.11 Å². The molecule has 0 aliphatic rings. The van der Waals surface area contributed by atoms with Crippen LogP contribution in [0.1, 0.15) is 30.4 Å². The van der Waals surface area contributed by atoms with Gasteiger partial charge in [0.2, 0.25) is 0 Å². The molecule has 0 spiro atoms. The first-order valence-corrected chi connectivity index (χ1v) is 6.79. The summed E-state index contributed by atoms with van der Waals surface area (Å²) in [5, 5.41) is 12.8. The monoisotopic (exact) mass is 255 g/mol. The van der Waals surface area contributed by atoms with E-state index in [0.29, 0.717) is 11.7 Å². The van der Waals surface area contributed by atoms with Crippen molar-refractivity contribution in [3.63, 3.8) is 0 Å². The van der Waals surface area contributed by atoms with Gasteiger partial charge in [0.15, 0.2) is 0 Å². The lowest BCUT2D eigenvalue weighted by Crippen LogP contribution is -2.16. The van der Waals surface area contributed by atoms with Crippen molar-refractivity contribution in [1.82, 2.24) is 5.32 Å². The van der Waals surface area contributed by atoms with Gasteiger partial charge in [0.1, 0.15) is 5.75 Å². The summed E-state index contributed by atoms with van der Waals surface area (Å²) in [6.45, 7) is 4.03. The normalized spacial score (nSPS) is 12.3. The largest absolute Gasteiger partial charge is 0.508 e. The molecule has 0 saturated carbocycles. The Hall–Kier alpha value is -1.80. The van der Waals surface area contributed by atoms with E-state index in [0.717, 1.165) is 25.1 Å². The molecule has 0 fully saturated rings. The fourth-order valence-corrected chi connectivity index (χ4v) is 2.17. The average Bonchev–Trinajstić information content (AvgIpc) is 2.44. The third-order valence-corrected chi connectivity index (χ3v) is 3.36. The van der Waals surface area contributed by atoms with E-state index >= 15 is 0 Å². The minimum atomic E-state index is 0.331. The van der Waals surface area contributed by atoms with Crippen molar-refractivity contribution in [3.8, 4) is 5.75 Å². The summed E-state index contributed by atoms with van der Waals surface area (Å²) in [6.07, 6.45) is 1.11. The molecule has 0 radical (unpaired) electrons. The van der Waals surface area contributed by atoms with Gasteiger partial charge in [-0.3, -0.25) is 0 Å². The first kappa shape index (κ1) is 13.6. The van der Waals surface area contributed by atoms with Crippen molar-refractivity contribution in [2.45, 2.75) is 25.8 Å². The van der Waals surface area contributed by atoms with Crippen molar-refractivity contribution >= 4 is 0 Å². The maximum atomic E-state index is 9.38. The SMILES string of the molecule is CC(CCNCc1cccc(O)c1)c1ccccc1. The second-order valence-corrected chi connectivity index (χ2v) is 4.95. The van der Waals surface area contributed by atoms with E-state index < -0.39 is 0 Å². The van der Waals surface area contributed by atoms with Crippen LogP contribution in [0.5, 0.6) is 5.75 Å². The minimum absolute atomic E-state index is 0.331. The lowest BCUT2D eigenvalue weighted by molar-refractivity contribution is 0.474. The molecule has 2 aromatic carbocycles. The predicted octanol–water partition coefficient (Wildman–Crippen LogP) is 3.68. The number of phenolic OH excluding ortho intramolecular Hbond substituents is 1. The van der Waals surface area contributed by atoms with Crippen LogP contribution in [-0.2, 0) is 6.54 Å². The molecule has 2 N–H and O–H groups in total. The number of nitrogens with one attached hydrogen (secondary N) is 1. The molecule has 0 amide bonds. The molecule has 19 heavy (non-hydrogen) atoms. The smallest absolute Gasteiger partial charge is 0.115 e. The zero-order chi connectivity index (χ0) is 13.5. The maximum absolute atomic E-state index is 9.38. The van der Waals surface area contributed by atoms with Gasteiger partial charge in [-0.15, -0.1) is 0 Å². The predicted molar refractivity (Wildman–Crippen MR) is 79.3 cm³/mol. The Bertz CT molecular complexity index is 496. The van der Waals surface area contributed by atoms with E-state index in [4.69, 9.17) is 0 Å².